The summed E-state index contributed by atoms with van der Waals surface area (Å²) in [5, 5.41) is 29.0. The number of halogens is 3. The fraction of sp³-hybridized carbons (Fsp3) is 0.311. The predicted molar refractivity (Wildman–Crippen MR) is 247 cm³/mol. The summed E-state index contributed by atoms with van der Waals surface area (Å²) in [5.41, 5.74) is 3.95. The molecule has 2 fully saturated rings. The second-order valence-corrected chi connectivity index (χ2v) is 17.9. The second kappa shape index (κ2) is 17.8. The molecule has 13 nitrogen and oxygen atoms in total. The molecule has 0 N–H and O–H groups in total. The summed E-state index contributed by atoms with van der Waals surface area (Å²) in [5.74, 6) is 2.69. The summed E-state index contributed by atoms with van der Waals surface area (Å²) < 4.78 is 9.14. The van der Waals surface area contributed by atoms with Crippen LogP contribution in [0.25, 0.3) is 33.4 Å². The number of aromatic nitrogens is 8. The lowest BCUT2D eigenvalue weighted by molar-refractivity contribution is 0.726. The van der Waals surface area contributed by atoms with E-state index in [4.69, 9.17) is 16.9 Å². The average Bonchev–Trinajstić information content (AvgIpc) is 3.68. The Balaban J connectivity index is 0.000000156. The van der Waals surface area contributed by atoms with Crippen molar-refractivity contribution in [2.75, 3.05) is 36.0 Å². The highest BCUT2D eigenvalue weighted by Gasteiger charge is 2.23. The van der Waals surface area contributed by atoms with Gasteiger partial charge in [-0.15, -0.1) is 20.4 Å². The Bertz CT molecular complexity index is 3050. The zero-order chi connectivity index (χ0) is 42.0. The molecule has 0 amide bonds. The van der Waals surface area contributed by atoms with Gasteiger partial charge in [-0.05, 0) is 97.5 Å². The van der Waals surface area contributed by atoms with Gasteiger partial charge in [-0.1, -0.05) is 93.4 Å². The molecule has 61 heavy (non-hydrogen) atoms. The Kier molecular flexibility index (Phi) is 11.9. The molecule has 2 aliphatic rings. The fourth-order valence-corrected chi connectivity index (χ4v) is 9.26. The molecule has 6 heterocycles. The van der Waals surface area contributed by atoms with E-state index in [9.17, 15) is 9.59 Å². The SMILES string of the molecule is N#Cc1ccc(Cn2c(=O)c3cc(Br)ccc3n3c(N4CCCCCC4)nnc23)cc1.O=c1c2cc(Br)ccc2n2c(N3CCCCCC3)nnc2n1Cc1ccc(Cl)cc1. The Labute approximate surface area is 373 Å². The minimum absolute atomic E-state index is 0.0800. The first-order chi connectivity index (χ1) is 29.8. The number of hydrogen-bond acceptors (Lipinski definition) is 9. The third-order valence-corrected chi connectivity index (χ3v) is 12.8. The molecule has 2 aliphatic heterocycles. The summed E-state index contributed by atoms with van der Waals surface area (Å²) in [6.45, 7) is 4.54. The highest BCUT2D eigenvalue weighted by molar-refractivity contribution is 9.10. The van der Waals surface area contributed by atoms with E-state index in [1.165, 1.54) is 25.7 Å². The quantitative estimate of drug-likeness (QED) is 0.160. The number of nitriles is 1. The van der Waals surface area contributed by atoms with Gasteiger partial charge >= 0.3 is 0 Å². The third-order valence-electron chi connectivity index (χ3n) is 11.5. The molecule has 310 valence electrons. The monoisotopic (exact) mass is 961 g/mol. The largest absolute Gasteiger partial charge is 0.341 e. The normalized spacial score (nSPS) is 14.9. The maximum Gasteiger partial charge on any atom is 0.263 e. The van der Waals surface area contributed by atoms with E-state index >= 15 is 0 Å². The highest BCUT2D eigenvalue weighted by atomic mass is 79.9. The second-order valence-electron chi connectivity index (χ2n) is 15.6. The number of benzene rings is 4. The van der Waals surface area contributed by atoms with Crippen molar-refractivity contribution in [2.45, 2.75) is 64.5 Å². The van der Waals surface area contributed by atoms with Gasteiger partial charge in [0.15, 0.2) is 0 Å². The van der Waals surface area contributed by atoms with Crippen LogP contribution in [0.15, 0.2) is 103 Å². The first-order valence-electron chi connectivity index (χ1n) is 20.6. The van der Waals surface area contributed by atoms with Gasteiger partial charge in [-0.2, -0.15) is 5.26 Å². The van der Waals surface area contributed by atoms with Crippen LogP contribution < -0.4 is 20.9 Å². The summed E-state index contributed by atoms with van der Waals surface area (Å²) in [4.78, 5) is 31.5. The summed E-state index contributed by atoms with van der Waals surface area (Å²) >= 11 is 13.1. The molecule has 16 heteroatoms. The summed E-state index contributed by atoms with van der Waals surface area (Å²) in [7, 11) is 0. The van der Waals surface area contributed by atoms with Gasteiger partial charge < -0.3 is 9.80 Å². The molecular weight excluding hydrogens is 922 g/mol. The zero-order valence-corrected chi connectivity index (χ0v) is 37.3. The molecular formula is C45H42Br2ClN11O2. The number of anilines is 2. The van der Waals surface area contributed by atoms with Gasteiger partial charge in [0.25, 0.3) is 11.1 Å². The number of nitrogens with zero attached hydrogens (tertiary/aromatic N) is 11. The van der Waals surface area contributed by atoms with E-state index in [0.29, 0.717) is 46.0 Å². The maximum absolute atomic E-state index is 13.5. The molecule has 2 saturated heterocycles. The van der Waals surface area contributed by atoms with E-state index in [1.54, 1.807) is 21.3 Å². The molecule has 0 atom stereocenters. The lowest BCUT2D eigenvalue weighted by Crippen LogP contribution is -2.28. The predicted octanol–water partition coefficient (Wildman–Crippen LogP) is 9.00. The van der Waals surface area contributed by atoms with E-state index in [1.807, 2.05) is 81.6 Å². The molecule has 0 aliphatic carbocycles. The molecule has 0 spiro atoms. The van der Waals surface area contributed by atoms with Crippen molar-refractivity contribution in [3.8, 4) is 6.07 Å². The van der Waals surface area contributed by atoms with Gasteiger partial charge in [-0.25, -0.2) is 8.80 Å². The Hall–Kier alpha value is -5.56. The minimum Gasteiger partial charge on any atom is -0.341 e. The molecule has 8 aromatic rings. The van der Waals surface area contributed by atoms with Gasteiger partial charge in [0, 0.05) is 40.1 Å². The van der Waals surface area contributed by atoms with Crippen molar-refractivity contribution in [1.82, 2.24) is 38.3 Å². The summed E-state index contributed by atoms with van der Waals surface area (Å²) in [6, 6.07) is 28.5. The minimum atomic E-state index is -0.108. The first-order valence-corrected chi connectivity index (χ1v) is 22.6. The van der Waals surface area contributed by atoms with Crippen LogP contribution in [0.2, 0.25) is 5.02 Å². The van der Waals surface area contributed by atoms with Crippen LogP contribution in [-0.4, -0.2) is 64.5 Å². The number of hydrogen-bond donors (Lipinski definition) is 0. The Morgan fingerprint density at radius 1 is 0.557 bits per heavy atom. The van der Waals surface area contributed by atoms with Crippen LogP contribution in [0.5, 0.6) is 0 Å². The fourth-order valence-electron chi connectivity index (χ4n) is 8.41. The molecule has 0 radical (unpaired) electrons. The van der Waals surface area contributed by atoms with Crippen molar-refractivity contribution in [3.05, 3.63) is 136 Å². The van der Waals surface area contributed by atoms with Gasteiger partial charge in [0.05, 0.1) is 46.5 Å². The van der Waals surface area contributed by atoms with Gasteiger partial charge in [0.1, 0.15) is 0 Å². The van der Waals surface area contributed by atoms with Crippen molar-refractivity contribution >= 4 is 88.7 Å². The smallest absolute Gasteiger partial charge is 0.263 e. The third kappa shape index (κ3) is 8.28. The number of fused-ring (bicyclic) bond motifs is 6. The van der Waals surface area contributed by atoms with Crippen LogP contribution in [0.1, 0.15) is 68.1 Å². The van der Waals surface area contributed by atoms with Crippen molar-refractivity contribution < 1.29 is 0 Å². The van der Waals surface area contributed by atoms with E-state index in [2.05, 4.69) is 68.1 Å². The highest BCUT2D eigenvalue weighted by Crippen LogP contribution is 2.27. The van der Waals surface area contributed by atoms with E-state index in [0.717, 1.165) is 94.9 Å². The van der Waals surface area contributed by atoms with Crippen LogP contribution in [0.4, 0.5) is 11.9 Å². The Morgan fingerprint density at radius 2 is 0.967 bits per heavy atom. The average molecular weight is 964 g/mol. The van der Waals surface area contributed by atoms with Crippen molar-refractivity contribution in [1.29, 1.82) is 5.26 Å². The molecule has 4 aromatic heterocycles. The van der Waals surface area contributed by atoms with E-state index in [-0.39, 0.29) is 11.1 Å². The van der Waals surface area contributed by atoms with Gasteiger partial charge in [-0.3, -0.25) is 18.7 Å². The standard InChI is InChI=1S/C23H21BrN6O.C22H21BrClN5O/c24-18-9-10-20-19(13-18)21(31)29(15-17-7-5-16(14-25)6-8-17)23-27-26-22(30(20)23)28-11-3-1-2-4-12-28;23-16-7-10-19-18(13-16)20(30)28(14-15-5-8-17(24)9-6-15)22-26-25-21(29(19)22)27-11-3-1-2-4-12-27/h5-10,13H,1-4,11-12,15H2;5-10,13H,1-4,11-12,14H2. The Morgan fingerprint density at radius 3 is 1.38 bits per heavy atom. The van der Waals surface area contributed by atoms with Crippen LogP contribution in [0, 0.1) is 11.3 Å². The zero-order valence-electron chi connectivity index (χ0n) is 33.4. The van der Waals surface area contributed by atoms with Crippen molar-refractivity contribution in [3.63, 3.8) is 0 Å². The number of rotatable bonds is 6. The maximum atomic E-state index is 13.5. The van der Waals surface area contributed by atoms with Crippen LogP contribution in [0.3, 0.4) is 0 Å². The van der Waals surface area contributed by atoms with Gasteiger partial charge in [0.2, 0.25) is 23.5 Å². The molecule has 0 saturated carbocycles. The molecule has 4 aromatic carbocycles. The van der Waals surface area contributed by atoms with Crippen LogP contribution in [-0.2, 0) is 13.1 Å². The molecule has 0 unspecified atom stereocenters. The molecule has 0 bridgehead atoms. The lowest BCUT2D eigenvalue weighted by Gasteiger charge is -2.21. The topological polar surface area (TPSA) is 135 Å². The molecule has 10 rings (SSSR count). The lowest BCUT2D eigenvalue weighted by atomic mass is 10.1. The van der Waals surface area contributed by atoms with E-state index < -0.39 is 0 Å². The first kappa shape index (κ1) is 40.8. The van der Waals surface area contributed by atoms with Crippen LogP contribution >= 0.6 is 43.5 Å². The van der Waals surface area contributed by atoms with Crippen molar-refractivity contribution in [2.24, 2.45) is 0 Å². The summed E-state index contributed by atoms with van der Waals surface area (Å²) in [6.07, 6.45) is 9.47.